The average Bonchev–Trinajstić information content (AvgIpc) is 2.68. The zero-order chi connectivity index (χ0) is 17.6. The Labute approximate surface area is 145 Å². The highest BCUT2D eigenvalue weighted by molar-refractivity contribution is 5.94. The number of carbonyl (C=O) groups is 2. The molecule has 2 aromatic carbocycles. The van der Waals surface area contributed by atoms with Crippen LogP contribution in [0.5, 0.6) is 5.75 Å². The molecular weight excluding hydrogens is 318 g/mol. The Morgan fingerprint density at radius 3 is 2.28 bits per heavy atom. The van der Waals surface area contributed by atoms with Crippen molar-refractivity contribution in [2.75, 3.05) is 26.2 Å². The maximum Gasteiger partial charge on any atom is 0.415 e. The van der Waals surface area contributed by atoms with Crippen LogP contribution in [-0.2, 0) is 0 Å². The molecule has 0 bridgehead atoms. The number of hydrogen-bond donors (Lipinski definition) is 0. The molecule has 1 aliphatic rings. The molecular formula is C19H17N3O3. The second-order valence-electron chi connectivity index (χ2n) is 5.65. The normalized spacial score (nSPS) is 13.9. The number of nitriles is 1. The summed E-state index contributed by atoms with van der Waals surface area (Å²) in [7, 11) is 0. The predicted octanol–water partition coefficient (Wildman–Crippen LogP) is 2.52. The quantitative estimate of drug-likeness (QED) is 0.845. The van der Waals surface area contributed by atoms with E-state index in [9.17, 15) is 9.59 Å². The van der Waals surface area contributed by atoms with Crippen LogP contribution in [0, 0.1) is 11.3 Å². The molecule has 0 radical (unpaired) electrons. The maximum absolute atomic E-state index is 12.5. The zero-order valence-corrected chi connectivity index (χ0v) is 13.6. The first-order valence-electron chi connectivity index (χ1n) is 7.98. The van der Waals surface area contributed by atoms with E-state index in [0.717, 1.165) is 0 Å². The zero-order valence-electron chi connectivity index (χ0n) is 13.6. The summed E-state index contributed by atoms with van der Waals surface area (Å²) in [6, 6.07) is 17.6. The standard InChI is InChI=1S/C19H17N3O3/c20-14-15-5-4-6-16(13-15)18(23)21-9-11-22(12-10-21)19(24)25-17-7-2-1-3-8-17/h1-8,13H,9-12H2. The molecule has 0 N–H and O–H groups in total. The van der Waals surface area contributed by atoms with E-state index in [-0.39, 0.29) is 5.91 Å². The van der Waals surface area contributed by atoms with Gasteiger partial charge in [0, 0.05) is 31.7 Å². The monoisotopic (exact) mass is 335 g/mol. The summed E-state index contributed by atoms with van der Waals surface area (Å²) in [5.74, 6) is 0.368. The van der Waals surface area contributed by atoms with Crippen LogP contribution < -0.4 is 4.74 Å². The lowest BCUT2D eigenvalue weighted by Crippen LogP contribution is -2.51. The summed E-state index contributed by atoms with van der Waals surface area (Å²) in [4.78, 5) is 27.9. The number of carbonyl (C=O) groups excluding carboxylic acids is 2. The minimum Gasteiger partial charge on any atom is -0.410 e. The van der Waals surface area contributed by atoms with Gasteiger partial charge in [0.1, 0.15) is 5.75 Å². The first-order chi connectivity index (χ1) is 12.2. The summed E-state index contributed by atoms with van der Waals surface area (Å²) < 4.78 is 5.31. The molecule has 3 rings (SSSR count). The van der Waals surface area contributed by atoms with Gasteiger partial charge in [0.2, 0.25) is 0 Å². The van der Waals surface area contributed by atoms with Crippen LogP contribution in [0.4, 0.5) is 4.79 Å². The number of ether oxygens (including phenoxy) is 1. The van der Waals surface area contributed by atoms with Crippen LogP contribution in [-0.4, -0.2) is 48.0 Å². The topological polar surface area (TPSA) is 73.6 Å². The second-order valence-corrected chi connectivity index (χ2v) is 5.65. The van der Waals surface area contributed by atoms with Crippen LogP contribution >= 0.6 is 0 Å². The number of amides is 2. The van der Waals surface area contributed by atoms with Crippen molar-refractivity contribution in [3.63, 3.8) is 0 Å². The molecule has 0 aromatic heterocycles. The van der Waals surface area contributed by atoms with Crippen molar-refractivity contribution in [1.29, 1.82) is 5.26 Å². The first kappa shape index (κ1) is 16.5. The van der Waals surface area contributed by atoms with Crippen LogP contribution in [0.3, 0.4) is 0 Å². The van der Waals surface area contributed by atoms with Gasteiger partial charge in [-0.1, -0.05) is 24.3 Å². The minimum atomic E-state index is -0.412. The van der Waals surface area contributed by atoms with Gasteiger partial charge in [0.15, 0.2) is 0 Å². The molecule has 1 heterocycles. The molecule has 6 heteroatoms. The molecule has 1 saturated heterocycles. The minimum absolute atomic E-state index is 0.131. The Bertz CT molecular complexity index is 806. The van der Waals surface area contributed by atoms with Gasteiger partial charge in [0.25, 0.3) is 5.91 Å². The van der Waals surface area contributed by atoms with Gasteiger partial charge in [-0.2, -0.15) is 5.26 Å². The average molecular weight is 335 g/mol. The second kappa shape index (κ2) is 7.49. The third kappa shape index (κ3) is 3.96. The Morgan fingerprint density at radius 2 is 1.60 bits per heavy atom. The summed E-state index contributed by atoms with van der Waals surface area (Å²) in [6.07, 6.45) is -0.412. The van der Waals surface area contributed by atoms with Crippen LogP contribution in [0.25, 0.3) is 0 Å². The van der Waals surface area contributed by atoms with E-state index in [1.807, 2.05) is 12.1 Å². The van der Waals surface area contributed by atoms with Gasteiger partial charge in [-0.3, -0.25) is 4.79 Å². The van der Waals surface area contributed by atoms with Crippen LogP contribution in [0.1, 0.15) is 15.9 Å². The molecule has 0 aliphatic carbocycles. The lowest BCUT2D eigenvalue weighted by atomic mass is 10.1. The molecule has 0 atom stereocenters. The van der Waals surface area contributed by atoms with Crippen molar-refractivity contribution in [3.8, 4) is 11.8 Å². The molecule has 0 unspecified atom stereocenters. The van der Waals surface area contributed by atoms with Gasteiger partial charge >= 0.3 is 6.09 Å². The van der Waals surface area contributed by atoms with Crippen molar-refractivity contribution < 1.29 is 14.3 Å². The van der Waals surface area contributed by atoms with Gasteiger partial charge in [0.05, 0.1) is 11.6 Å². The number of hydrogen-bond acceptors (Lipinski definition) is 4. The molecule has 2 amide bonds. The summed E-state index contributed by atoms with van der Waals surface area (Å²) in [6.45, 7) is 1.68. The van der Waals surface area contributed by atoms with E-state index in [1.165, 1.54) is 0 Å². The smallest absolute Gasteiger partial charge is 0.410 e. The van der Waals surface area contributed by atoms with Gasteiger partial charge in [-0.05, 0) is 30.3 Å². The van der Waals surface area contributed by atoms with Crippen molar-refractivity contribution in [3.05, 3.63) is 65.7 Å². The third-order valence-electron chi connectivity index (χ3n) is 4.01. The SMILES string of the molecule is N#Cc1cccc(C(=O)N2CCN(C(=O)Oc3ccccc3)CC2)c1. The Balaban J connectivity index is 1.57. The fraction of sp³-hybridized carbons (Fsp3) is 0.211. The van der Waals surface area contributed by atoms with Crippen LogP contribution in [0.2, 0.25) is 0 Å². The van der Waals surface area contributed by atoms with E-state index in [4.69, 9.17) is 10.00 Å². The largest absolute Gasteiger partial charge is 0.415 e. The van der Waals surface area contributed by atoms with Crippen molar-refractivity contribution >= 4 is 12.0 Å². The highest BCUT2D eigenvalue weighted by Crippen LogP contribution is 2.14. The Morgan fingerprint density at radius 1 is 0.920 bits per heavy atom. The number of piperazine rings is 1. The Hall–Kier alpha value is -3.33. The molecule has 25 heavy (non-hydrogen) atoms. The molecule has 0 spiro atoms. The fourth-order valence-electron chi connectivity index (χ4n) is 2.65. The molecule has 126 valence electrons. The molecule has 6 nitrogen and oxygen atoms in total. The maximum atomic E-state index is 12.5. The fourth-order valence-corrected chi connectivity index (χ4v) is 2.65. The summed E-state index contributed by atoms with van der Waals surface area (Å²) in [5.41, 5.74) is 0.940. The molecule has 2 aromatic rings. The first-order valence-corrected chi connectivity index (χ1v) is 7.98. The highest BCUT2D eigenvalue weighted by Gasteiger charge is 2.26. The number of rotatable bonds is 2. The Kier molecular flexibility index (Phi) is 4.95. The van der Waals surface area contributed by atoms with E-state index in [0.29, 0.717) is 43.1 Å². The predicted molar refractivity (Wildman–Crippen MR) is 91.1 cm³/mol. The lowest BCUT2D eigenvalue weighted by molar-refractivity contribution is 0.0633. The summed E-state index contributed by atoms with van der Waals surface area (Å²) >= 11 is 0. The number of para-hydroxylation sites is 1. The molecule has 0 saturated carbocycles. The van der Waals surface area contributed by atoms with Crippen molar-refractivity contribution in [2.24, 2.45) is 0 Å². The van der Waals surface area contributed by atoms with E-state index in [2.05, 4.69) is 0 Å². The van der Waals surface area contributed by atoms with E-state index in [1.54, 1.807) is 58.3 Å². The van der Waals surface area contributed by atoms with Crippen molar-refractivity contribution in [1.82, 2.24) is 9.80 Å². The van der Waals surface area contributed by atoms with E-state index < -0.39 is 6.09 Å². The van der Waals surface area contributed by atoms with Gasteiger partial charge in [-0.25, -0.2) is 4.79 Å². The van der Waals surface area contributed by atoms with Gasteiger partial charge < -0.3 is 14.5 Å². The van der Waals surface area contributed by atoms with E-state index >= 15 is 0 Å². The number of benzene rings is 2. The van der Waals surface area contributed by atoms with Crippen LogP contribution in [0.15, 0.2) is 54.6 Å². The van der Waals surface area contributed by atoms with Gasteiger partial charge in [-0.15, -0.1) is 0 Å². The highest BCUT2D eigenvalue weighted by atomic mass is 16.6. The number of nitrogens with zero attached hydrogens (tertiary/aromatic N) is 3. The molecule has 1 fully saturated rings. The summed E-state index contributed by atoms with van der Waals surface area (Å²) in [5, 5.41) is 8.94. The lowest BCUT2D eigenvalue weighted by Gasteiger charge is -2.34. The molecule has 1 aliphatic heterocycles. The third-order valence-corrected chi connectivity index (χ3v) is 4.01. The van der Waals surface area contributed by atoms with Crippen molar-refractivity contribution in [2.45, 2.75) is 0 Å².